The molecule has 3 aromatic heterocycles. The first kappa shape index (κ1) is 22.1. The summed E-state index contributed by atoms with van der Waals surface area (Å²) in [6.45, 7) is 7.07. The van der Waals surface area contributed by atoms with Crippen molar-refractivity contribution in [3.05, 3.63) is 41.9 Å². The number of carbonyl (C=O) groups is 1. The predicted molar refractivity (Wildman–Crippen MR) is 135 cm³/mol. The quantitative estimate of drug-likeness (QED) is 0.456. The van der Waals surface area contributed by atoms with Gasteiger partial charge in [-0.15, -0.1) is 11.3 Å². The molecule has 2 aliphatic heterocycles. The van der Waals surface area contributed by atoms with Crippen molar-refractivity contribution in [2.45, 2.75) is 44.7 Å². The van der Waals surface area contributed by atoms with Crippen LogP contribution in [0.5, 0.6) is 0 Å². The molecule has 9 heteroatoms. The number of hydrogen-bond donors (Lipinski definition) is 4. The molecule has 1 amide bonds. The zero-order valence-electron chi connectivity index (χ0n) is 19.0. The number of fused-ring (bicyclic) bond motifs is 1. The molecule has 2 unspecified atom stereocenters. The monoisotopic (exact) mass is 465 g/mol. The first-order valence-corrected chi connectivity index (χ1v) is 12.4. The average Bonchev–Trinajstić information content (AvgIpc) is 3.08. The normalized spacial score (nSPS) is 23.0. The third-order valence-electron chi connectivity index (χ3n) is 6.80. The topological polar surface area (TPSA) is 122 Å². The zero-order chi connectivity index (χ0) is 23.1. The first-order valence-electron chi connectivity index (χ1n) is 11.6. The molecule has 6 N–H and O–H groups in total. The molecule has 8 nitrogen and oxygen atoms in total. The van der Waals surface area contributed by atoms with Gasteiger partial charge in [-0.1, -0.05) is 13.8 Å². The van der Waals surface area contributed by atoms with Gasteiger partial charge in [-0.3, -0.25) is 14.8 Å². The van der Waals surface area contributed by atoms with Crippen LogP contribution in [0.25, 0.3) is 10.2 Å². The summed E-state index contributed by atoms with van der Waals surface area (Å²) >= 11 is 1.42. The summed E-state index contributed by atoms with van der Waals surface area (Å²) < 4.78 is 0.943. The Morgan fingerprint density at radius 3 is 2.94 bits per heavy atom. The number of thiophene rings is 1. The van der Waals surface area contributed by atoms with E-state index in [0.29, 0.717) is 39.6 Å². The van der Waals surface area contributed by atoms with Crippen molar-refractivity contribution in [1.82, 2.24) is 15.3 Å². The number of rotatable bonds is 5. The Bertz CT molecular complexity index is 1180. The summed E-state index contributed by atoms with van der Waals surface area (Å²) in [6.07, 6.45) is 7.36. The Hall–Kier alpha value is -2.75. The molecule has 2 aliphatic rings. The van der Waals surface area contributed by atoms with Crippen LogP contribution in [0.15, 0.2) is 30.7 Å². The fraction of sp³-hybridized carbons (Fsp3) is 0.458. The van der Waals surface area contributed by atoms with E-state index in [2.05, 4.69) is 45.4 Å². The first-order chi connectivity index (χ1) is 15.9. The number of amides is 1. The lowest BCUT2D eigenvalue weighted by atomic mass is 9.79. The third kappa shape index (κ3) is 4.16. The third-order valence-corrected chi connectivity index (χ3v) is 7.76. The highest BCUT2D eigenvalue weighted by Gasteiger charge is 2.34. The summed E-state index contributed by atoms with van der Waals surface area (Å²) in [5.41, 5.74) is 16.4. The Morgan fingerprint density at radius 2 is 2.21 bits per heavy atom. The van der Waals surface area contributed by atoms with Crippen LogP contribution >= 0.6 is 11.3 Å². The number of nitrogens with two attached hydrogens (primary N) is 2. The van der Waals surface area contributed by atoms with Gasteiger partial charge in [-0.25, -0.2) is 0 Å². The van der Waals surface area contributed by atoms with E-state index in [4.69, 9.17) is 11.5 Å². The van der Waals surface area contributed by atoms with Crippen molar-refractivity contribution in [3.63, 3.8) is 0 Å². The van der Waals surface area contributed by atoms with Gasteiger partial charge in [0.15, 0.2) is 0 Å². The van der Waals surface area contributed by atoms with Crippen LogP contribution in [0.4, 0.5) is 16.4 Å². The molecule has 0 radical (unpaired) electrons. The van der Waals surface area contributed by atoms with Gasteiger partial charge in [0.25, 0.3) is 5.91 Å². The second kappa shape index (κ2) is 8.89. The van der Waals surface area contributed by atoms with E-state index in [0.717, 1.165) is 42.9 Å². The molecule has 0 saturated carbocycles. The Kier molecular flexibility index (Phi) is 5.94. The molecule has 174 valence electrons. The van der Waals surface area contributed by atoms with E-state index in [9.17, 15) is 4.79 Å². The Morgan fingerprint density at radius 1 is 1.36 bits per heavy atom. The zero-order valence-corrected chi connectivity index (χ0v) is 19.9. The minimum atomic E-state index is -0.264. The highest BCUT2D eigenvalue weighted by molar-refractivity contribution is 7.23. The van der Waals surface area contributed by atoms with E-state index in [1.165, 1.54) is 16.9 Å². The number of hydrogen-bond acceptors (Lipinski definition) is 8. The number of pyridine rings is 2. The molecule has 0 aromatic carbocycles. The molecule has 0 bridgehead atoms. The summed E-state index contributed by atoms with van der Waals surface area (Å²) in [5, 5.41) is 7.02. The smallest absolute Gasteiger partial charge is 0.260 e. The maximum atomic E-state index is 13.3. The molecule has 0 aliphatic carbocycles. The fourth-order valence-corrected chi connectivity index (χ4v) is 5.98. The molecule has 5 heterocycles. The molecule has 3 aromatic rings. The number of nitrogen functional groups attached to an aromatic ring is 1. The predicted octanol–water partition coefficient (Wildman–Crippen LogP) is 3.16. The van der Waals surface area contributed by atoms with Crippen molar-refractivity contribution < 1.29 is 4.79 Å². The lowest BCUT2D eigenvalue weighted by Crippen LogP contribution is -2.53. The van der Waals surface area contributed by atoms with Crippen molar-refractivity contribution in [2.75, 3.05) is 35.6 Å². The summed E-state index contributed by atoms with van der Waals surface area (Å²) in [6, 6.07) is 4.65. The molecular formula is C24H31N7OS. The fourth-order valence-electron chi connectivity index (χ4n) is 5.00. The van der Waals surface area contributed by atoms with E-state index in [1.807, 2.05) is 12.3 Å². The molecule has 2 saturated heterocycles. The SMILES string of the molecule is CC(C)C1NCC1c1cnc2c(C(=O)Nc3cnccc3N3CCC[C@H](N)C3)c(N)sc2c1. The number of anilines is 3. The van der Waals surface area contributed by atoms with Crippen molar-refractivity contribution in [1.29, 1.82) is 0 Å². The molecule has 5 rings (SSSR count). The highest BCUT2D eigenvalue weighted by Crippen LogP contribution is 2.37. The largest absolute Gasteiger partial charge is 0.390 e. The van der Waals surface area contributed by atoms with Gasteiger partial charge in [0.2, 0.25) is 0 Å². The second-order valence-corrected chi connectivity index (χ2v) is 10.5. The average molecular weight is 466 g/mol. The van der Waals surface area contributed by atoms with E-state index < -0.39 is 0 Å². The highest BCUT2D eigenvalue weighted by atomic mass is 32.1. The Balaban J connectivity index is 1.41. The van der Waals surface area contributed by atoms with Gasteiger partial charge in [0, 0.05) is 50.0 Å². The van der Waals surface area contributed by atoms with E-state index >= 15 is 0 Å². The van der Waals surface area contributed by atoms with Gasteiger partial charge in [0.1, 0.15) is 10.6 Å². The van der Waals surface area contributed by atoms with Gasteiger partial charge >= 0.3 is 0 Å². The molecule has 2 fully saturated rings. The van der Waals surface area contributed by atoms with E-state index in [-0.39, 0.29) is 11.9 Å². The molecule has 0 spiro atoms. The van der Waals surface area contributed by atoms with Crippen LogP contribution in [0.3, 0.4) is 0 Å². The lowest BCUT2D eigenvalue weighted by molar-refractivity contribution is 0.102. The van der Waals surface area contributed by atoms with Crippen LogP contribution in [-0.4, -0.2) is 47.6 Å². The number of piperidine rings is 1. The standard InChI is InChI=1S/C24H31N7OS/c1-13(2)21-16(10-29-21)14-8-19-22(28-9-14)20(23(26)33-19)24(32)30-17-11-27-6-5-18(17)31-7-3-4-15(25)12-31/h5-6,8-9,11,13,15-16,21,29H,3-4,7,10,12,25-26H2,1-2H3,(H,30,32)/t15-,16?,21?/m0/s1. The van der Waals surface area contributed by atoms with Crippen LogP contribution in [0.2, 0.25) is 0 Å². The maximum absolute atomic E-state index is 13.3. The van der Waals surface area contributed by atoms with E-state index in [1.54, 1.807) is 12.4 Å². The van der Waals surface area contributed by atoms with Gasteiger partial charge < -0.3 is 27.0 Å². The van der Waals surface area contributed by atoms with Gasteiger partial charge in [-0.2, -0.15) is 0 Å². The van der Waals surface area contributed by atoms with Crippen molar-refractivity contribution in [3.8, 4) is 0 Å². The Labute approximate surface area is 197 Å². The number of carbonyl (C=O) groups excluding carboxylic acids is 1. The molecule has 3 atom stereocenters. The number of aromatic nitrogens is 2. The number of nitrogens with one attached hydrogen (secondary N) is 2. The molecular weight excluding hydrogens is 434 g/mol. The van der Waals surface area contributed by atoms with Crippen LogP contribution in [0.1, 0.15) is 48.5 Å². The van der Waals surface area contributed by atoms with Crippen molar-refractivity contribution in [2.24, 2.45) is 11.7 Å². The summed E-state index contributed by atoms with van der Waals surface area (Å²) in [5.74, 6) is 0.730. The lowest BCUT2D eigenvalue weighted by Gasteiger charge is -2.41. The molecule has 33 heavy (non-hydrogen) atoms. The minimum Gasteiger partial charge on any atom is -0.390 e. The second-order valence-electron chi connectivity index (χ2n) is 9.44. The maximum Gasteiger partial charge on any atom is 0.260 e. The van der Waals surface area contributed by atoms with Gasteiger partial charge in [0.05, 0.1) is 27.8 Å². The van der Waals surface area contributed by atoms with Crippen LogP contribution < -0.4 is 27.0 Å². The van der Waals surface area contributed by atoms with Crippen LogP contribution in [0, 0.1) is 5.92 Å². The summed E-state index contributed by atoms with van der Waals surface area (Å²) in [4.78, 5) is 24.4. The van der Waals surface area contributed by atoms with Gasteiger partial charge in [-0.05, 0) is 36.5 Å². The minimum absolute atomic E-state index is 0.131. The summed E-state index contributed by atoms with van der Waals surface area (Å²) in [7, 11) is 0. The number of nitrogens with zero attached hydrogens (tertiary/aromatic N) is 3. The van der Waals surface area contributed by atoms with Crippen molar-refractivity contribution >= 4 is 43.8 Å². The van der Waals surface area contributed by atoms with Crippen LogP contribution in [-0.2, 0) is 0 Å².